The third-order valence-corrected chi connectivity index (χ3v) is 5.96. The van der Waals surface area contributed by atoms with Gasteiger partial charge in [-0.2, -0.15) is 5.10 Å². The number of halogens is 1. The van der Waals surface area contributed by atoms with Crippen LogP contribution in [0.15, 0.2) is 53.8 Å². The molecular weight excluding hydrogens is 488 g/mol. The molecule has 0 aromatic carbocycles. The smallest absolute Gasteiger partial charge is 0.338 e. The number of piperidine rings is 1. The van der Waals surface area contributed by atoms with Crippen LogP contribution in [0.25, 0.3) is 11.0 Å². The minimum atomic E-state index is -0.965. The van der Waals surface area contributed by atoms with Crippen molar-refractivity contribution in [1.82, 2.24) is 24.7 Å². The Balaban J connectivity index is 0.000000160. The minimum absolute atomic E-state index is 0.193. The molecule has 5 rings (SSSR count). The number of hydrogen-bond acceptors (Lipinski definition) is 7. The number of carbonyl (C=O) groups is 1. The third-order valence-electron chi connectivity index (χ3n) is 5.38. The molecule has 0 aliphatic carbocycles. The van der Waals surface area contributed by atoms with Gasteiger partial charge in [0.2, 0.25) is 0 Å². The van der Waals surface area contributed by atoms with E-state index in [9.17, 15) is 4.79 Å². The first-order chi connectivity index (χ1) is 15.9. The first-order valence-corrected chi connectivity index (χ1v) is 11.3. The van der Waals surface area contributed by atoms with Crippen molar-refractivity contribution in [3.05, 3.63) is 64.9 Å². The predicted molar refractivity (Wildman–Crippen MR) is 130 cm³/mol. The van der Waals surface area contributed by atoms with E-state index in [2.05, 4.69) is 40.9 Å². The van der Waals surface area contributed by atoms with Gasteiger partial charge in [-0.3, -0.25) is 9.67 Å². The summed E-state index contributed by atoms with van der Waals surface area (Å²) in [5.41, 5.74) is 15.9. The van der Waals surface area contributed by atoms with Crippen molar-refractivity contribution < 1.29 is 9.90 Å². The van der Waals surface area contributed by atoms with E-state index in [1.165, 1.54) is 12.4 Å². The molecule has 1 fully saturated rings. The summed E-state index contributed by atoms with van der Waals surface area (Å²) in [6.07, 6.45) is 12.0. The summed E-state index contributed by atoms with van der Waals surface area (Å²) in [7, 11) is 0. The maximum atomic E-state index is 10.6. The normalized spacial score (nSPS) is 15.8. The fourth-order valence-electron chi connectivity index (χ4n) is 3.84. The maximum Gasteiger partial charge on any atom is 0.338 e. The summed E-state index contributed by atoms with van der Waals surface area (Å²) in [4.78, 5) is 24.3. The molecule has 6 N–H and O–H groups in total. The Morgan fingerprint density at radius 2 is 2.18 bits per heavy atom. The number of carboxylic acid groups (broad SMARTS) is 1. The average Bonchev–Trinajstić information content (AvgIpc) is 3.42. The molecule has 0 saturated carbocycles. The molecule has 172 valence electrons. The molecule has 0 spiro atoms. The van der Waals surface area contributed by atoms with E-state index in [1.54, 1.807) is 23.3 Å². The Morgan fingerprint density at radius 1 is 1.33 bits per heavy atom. The lowest BCUT2D eigenvalue weighted by Crippen LogP contribution is -2.43. The van der Waals surface area contributed by atoms with E-state index < -0.39 is 5.97 Å². The fourth-order valence-corrected chi connectivity index (χ4v) is 4.39. The van der Waals surface area contributed by atoms with Crippen molar-refractivity contribution in [1.29, 1.82) is 0 Å². The van der Waals surface area contributed by atoms with Crippen LogP contribution < -0.4 is 16.4 Å². The number of nitrogens with one attached hydrogen (secondary N) is 1. The van der Waals surface area contributed by atoms with Gasteiger partial charge in [-0.15, -0.1) is 0 Å². The number of nitrogens with two attached hydrogens (primary N) is 2. The number of nitrogens with zero attached hydrogens (tertiary/aromatic N) is 5. The Bertz CT molecular complexity index is 1240. The van der Waals surface area contributed by atoms with E-state index in [-0.39, 0.29) is 11.6 Å². The number of anilines is 2. The summed E-state index contributed by atoms with van der Waals surface area (Å²) < 4.78 is 2.54. The first kappa shape index (κ1) is 22.7. The van der Waals surface area contributed by atoms with E-state index in [0.29, 0.717) is 6.54 Å². The Labute approximate surface area is 198 Å². The van der Waals surface area contributed by atoms with Crippen LogP contribution in [0.1, 0.15) is 28.8 Å². The number of hydrogen-bond donors (Lipinski definition) is 4. The van der Waals surface area contributed by atoms with Crippen LogP contribution in [0.5, 0.6) is 0 Å². The van der Waals surface area contributed by atoms with Gasteiger partial charge in [0.1, 0.15) is 5.65 Å². The molecular formula is C22H25BrN8O2. The van der Waals surface area contributed by atoms with Crippen molar-refractivity contribution in [2.75, 3.05) is 23.7 Å². The Kier molecular flexibility index (Phi) is 6.90. The molecule has 1 saturated heterocycles. The number of aromatic amines is 1. The molecule has 4 aromatic rings. The second-order valence-electron chi connectivity index (χ2n) is 7.86. The van der Waals surface area contributed by atoms with Crippen LogP contribution in [0.2, 0.25) is 0 Å². The molecule has 1 aliphatic heterocycles. The second-order valence-corrected chi connectivity index (χ2v) is 8.72. The maximum absolute atomic E-state index is 10.6. The fraction of sp³-hybridized carbons (Fsp3) is 0.273. The zero-order valence-corrected chi connectivity index (χ0v) is 19.4. The number of nitrogen functional groups attached to an aromatic ring is 1. The lowest BCUT2D eigenvalue weighted by Gasteiger charge is -2.33. The number of H-pyrrole nitrogens is 1. The monoisotopic (exact) mass is 512 g/mol. The van der Waals surface area contributed by atoms with Crippen LogP contribution in [0.4, 0.5) is 11.4 Å². The van der Waals surface area contributed by atoms with Gasteiger partial charge < -0.3 is 26.5 Å². The summed E-state index contributed by atoms with van der Waals surface area (Å²) in [6.45, 7) is 2.40. The first-order valence-electron chi connectivity index (χ1n) is 10.5. The van der Waals surface area contributed by atoms with Crippen molar-refractivity contribution in [2.45, 2.75) is 25.4 Å². The standard InChI is InChI=1S/C12H16BrN5.C10H9N3O2/c13-8-4-16-12-10(9(15)5-17-12)11(8)18-3-1-2-7(14)6-18;14-10(15)9-5-12-13(7-9)6-8-2-1-3-11-4-8/h4-5,7H,1-3,6,14-15H2,(H,16,17);1-5,7H,6H2,(H,14,15)/t7-;/m1./s1. The Morgan fingerprint density at radius 3 is 2.88 bits per heavy atom. The highest BCUT2D eigenvalue weighted by atomic mass is 79.9. The quantitative estimate of drug-likeness (QED) is 0.325. The lowest BCUT2D eigenvalue weighted by atomic mass is 10.1. The van der Waals surface area contributed by atoms with Gasteiger partial charge in [0.15, 0.2) is 0 Å². The van der Waals surface area contributed by atoms with Crippen LogP contribution in [-0.2, 0) is 6.54 Å². The highest BCUT2D eigenvalue weighted by Crippen LogP contribution is 2.37. The second kappa shape index (κ2) is 10.0. The van der Waals surface area contributed by atoms with E-state index in [4.69, 9.17) is 16.6 Å². The SMILES string of the molecule is Nc1c[nH]c2ncc(Br)c(N3CCC[C@@H](N)C3)c12.O=C(O)c1cnn(Cc2cccnc2)c1. The van der Waals surface area contributed by atoms with Gasteiger partial charge >= 0.3 is 5.97 Å². The van der Waals surface area contributed by atoms with E-state index in [1.807, 2.05) is 18.3 Å². The molecule has 4 aromatic heterocycles. The van der Waals surface area contributed by atoms with Gasteiger partial charge in [0, 0.05) is 50.1 Å². The van der Waals surface area contributed by atoms with Crippen LogP contribution in [0, 0.1) is 0 Å². The molecule has 5 heterocycles. The number of carboxylic acids is 1. The molecule has 1 atom stereocenters. The average molecular weight is 513 g/mol. The molecule has 0 bridgehead atoms. The summed E-state index contributed by atoms with van der Waals surface area (Å²) >= 11 is 3.58. The summed E-state index contributed by atoms with van der Waals surface area (Å²) in [6, 6.07) is 3.97. The lowest BCUT2D eigenvalue weighted by molar-refractivity contribution is 0.0696. The predicted octanol–water partition coefficient (Wildman–Crippen LogP) is 2.86. The molecule has 0 radical (unpaired) electrons. The highest BCUT2D eigenvalue weighted by molar-refractivity contribution is 9.10. The summed E-state index contributed by atoms with van der Waals surface area (Å²) in [5.74, 6) is -0.965. The zero-order valence-electron chi connectivity index (χ0n) is 17.9. The van der Waals surface area contributed by atoms with Gasteiger partial charge in [0.05, 0.1) is 39.5 Å². The topological polar surface area (TPSA) is 152 Å². The van der Waals surface area contributed by atoms with Crippen molar-refractivity contribution in [3.63, 3.8) is 0 Å². The van der Waals surface area contributed by atoms with Crippen molar-refractivity contribution in [2.24, 2.45) is 5.73 Å². The van der Waals surface area contributed by atoms with Crippen molar-refractivity contribution in [3.8, 4) is 0 Å². The van der Waals surface area contributed by atoms with Crippen molar-refractivity contribution >= 4 is 44.3 Å². The molecule has 0 amide bonds. The van der Waals surface area contributed by atoms with Gasteiger partial charge in [0.25, 0.3) is 0 Å². The number of aromatic nitrogens is 5. The molecule has 10 nitrogen and oxygen atoms in total. The molecule has 0 unspecified atom stereocenters. The largest absolute Gasteiger partial charge is 0.478 e. The molecule has 33 heavy (non-hydrogen) atoms. The van der Waals surface area contributed by atoms with E-state index in [0.717, 1.165) is 58.4 Å². The molecule has 1 aliphatic rings. The third kappa shape index (κ3) is 5.32. The van der Waals surface area contributed by atoms with E-state index >= 15 is 0 Å². The number of fused-ring (bicyclic) bond motifs is 1. The van der Waals surface area contributed by atoms with Crippen LogP contribution >= 0.6 is 15.9 Å². The number of rotatable bonds is 4. The Hall–Kier alpha value is -3.44. The minimum Gasteiger partial charge on any atom is -0.478 e. The zero-order chi connectivity index (χ0) is 23.4. The van der Waals surface area contributed by atoms with Gasteiger partial charge in [-0.1, -0.05) is 6.07 Å². The van der Waals surface area contributed by atoms with Crippen LogP contribution in [-0.4, -0.2) is 54.9 Å². The molecule has 11 heteroatoms. The van der Waals surface area contributed by atoms with Crippen LogP contribution in [0.3, 0.4) is 0 Å². The number of aromatic carboxylic acids is 1. The number of pyridine rings is 2. The summed E-state index contributed by atoms with van der Waals surface area (Å²) in [5, 5.41) is 13.6. The van der Waals surface area contributed by atoms with Gasteiger partial charge in [-0.05, 0) is 40.4 Å². The van der Waals surface area contributed by atoms with Gasteiger partial charge in [-0.25, -0.2) is 9.78 Å². The highest BCUT2D eigenvalue weighted by Gasteiger charge is 2.22.